The Hall–Kier alpha value is -2.69. The van der Waals surface area contributed by atoms with Gasteiger partial charge in [-0.1, -0.05) is 37.8 Å². The normalized spacial score (nSPS) is 10.9. The summed E-state index contributed by atoms with van der Waals surface area (Å²) in [6, 6.07) is 9.41. The van der Waals surface area contributed by atoms with E-state index in [9.17, 15) is 25.2 Å². The molecule has 0 aliphatic heterocycles. The number of carbonyl (C=O) groups excluding carboxylic acids is 1. The van der Waals surface area contributed by atoms with Crippen molar-refractivity contribution in [1.82, 2.24) is 0 Å². The molecule has 2 rings (SSSR count). The largest absolute Gasteiger partial charge is 0.508 e. The molecule has 5 nitrogen and oxygen atoms in total. The van der Waals surface area contributed by atoms with E-state index in [0.717, 1.165) is 75.3 Å². The maximum atomic E-state index is 12.0. The van der Waals surface area contributed by atoms with Crippen LogP contribution < -0.4 is 0 Å². The number of unbranched alkanes of at least 4 members (excludes halogenated alkanes) is 6. The van der Waals surface area contributed by atoms with Gasteiger partial charge in [0.25, 0.3) is 0 Å². The molecule has 0 aliphatic carbocycles. The Balaban J connectivity index is 1.44. The molecule has 0 heterocycles. The van der Waals surface area contributed by atoms with Crippen LogP contribution >= 0.6 is 0 Å². The number of Topliss-reactive ketones (excluding diaryl/α,β-unsaturated/α-hetero) is 1. The van der Waals surface area contributed by atoms with Crippen LogP contribution in [-0.2, 0) is 17.6 Å². The average Bonchev–Trinajstić information content (AvgIpc) is 2.70. The maximum absolute atomic E-state index is 12.0. The Morgan fingerprint density at radius 2 is 0.967 bits per heavy atom. The lowest BCUT2D eigenvalue weighted by molar-refractivity contribution is -0.119. The van der Waals surface area contributed by atoms with Crippen molar-refractivity contribution in [2.75, 3.05) is 0 Å². The van der Waals surface area contributed by atoms with Crippen LogP contribution in [0.4, 0.5) is 0 Å². The Kier molecular flexibility index (Phi) is 10.1. The zero-order valence-electron chi connectivity index (χ0n) is 17.6. The van der Waals surface area contributed by atoms with E-state index in [1.165, 1.54) is 12.1 Å². The first-order valence-corrected chi connectivity index (χ1v) is 11.0. The summed E-state index contributed by atoms with van der Waals surface area (Å²) in [5.41, 5.74) is 1.70. The van der Waals surface area contributed by atoms with Gasteiger partial charge in [-0.25, -0.2) is 0 Å². The van der Waals surface area contributed by atoms with Gasteiger partial charge in [0.1, 0.15) is 28.8 Å². The highest BCUT2D eigenvalue weighted by Gasteiger charge is 2.05. The molecule has 0 radical (unpaired) electrons. The second kappa shape index (κ2) is 12.8. The highest BCUT2D eigenvalue weighted by Crippen LogP contribution is 2.25. The maximum Gasteiger partial charge on any atom is 0.132 e. The van der Waals surface area contributed by atoms with Gasteiger partial charge < -0.3 is 20.4 Å². The standard InChI is InChI=1S/C25H34O5/c26-21(11-7-3-1-5-9-19-13-15-22(27)17-24(19)29)12-8-4-2-6-10-20-14-16-23(28)18-25(20)30/h13-18,27-30H,1-12H2. The van der Waals surface area contributed by atoms with Crippen molar-refractivity contribution in [2.24, 2.45) is 0 Å². The first-order chi connectivity index (χ1) is 14.5. The number of aromatic hydroxyl groups is 4. The SMILES string of the molecule is O=C(CCCCCCc1ccc(O)cc1O)CCCCCCc1ccc(O)cc1O. The molecule has 0 saturated carbocycles. The van der Waals surface area contributed by atoms with Crippen LogP contribution in [0.15, 0.2) is 36.4 Å². The molecular weight excluding hydrogens is 380 g/mol. The van der Waals surface area contributed by atoms with Crippen molar-refractivity contribution in [2.45, 2.75) is 77.0 Å². The van der Waals surface area contributed by atoms with Crippen LogP contribution in [0, 0.1) is 0 Å². The van der Waals surface area contributed by atoms with Crippen LogP contribution in [0.5, 0.6) is 23.0 Å². The molecule has 0 spiro atoms. The molecule has 0 aliphatic rings. The van der Waals surface area contributed by atoms with E-state index in [1.807, 2.05) is 0 Å². The molecule has 0 atom stereocenters. The minimum absolute atomic E-state index is 0.0754. The summed E-state index contributed by atoms with van der Waals surface area (Å²) in [6.45, 7) is 0. The van der Waals surface area contributed by atoms with Crippen molar-refractivity contribution < 1.29 is 25.2 Å². The number of benzene rings is 2. The third kappa shape index (κ3) is 8.76. The van der Waals surface area contributed by atoms with Gasteiger partial charge in [0.15, 0.2) is 0 Å². The number of aryl methyl sites for hydroxylation is 2. The van der Waals surface area contributed by atoms with Gasteiger partial charge in [0.05, 0.1) is 0 Å². The predicted octanol–water partition coefficient (Wildman–Crippen LogP) is 5.76. The number of phenols is 4. The number of carbonyl (C=O) groups is 1. The number of rotatable bonds is 14. The van der Waals surface area contributed by atoms with Crippen LogP contribution in [0.3, 0.4) is 0 Å². The molecule has 4 N–H and O–H groups in total. The smallest absolute Gasteiger partial charge is 0.132 e. The zero-order valence-corrected chi connectivity index (χ0v) is 17.6. The summed E-state index contributed by atoms with van der Waals surface area (Å²) in [6.07, 6.45) is 10.7. The summed E-state index contributed by atoms with van der Waals surface area (Å²) < 4.78 is 0. The number of ketones is 1. The third-order valence-corrected chi connectivity index (χ3v) is 5.44. The molecule has 0 bridgehead atoms. The molecule has 30 heavy (non-hydrogen) atoms. The Bertz CT molecular complexity index is 735. The van der Waals surface area contributed by atoms with Gasteiger partial charge in [-0.15, -0.1) is 0 Å². The summed E-state index contributed by atoms with van der Waals surface area (Å²) in [7, 11) is 0. The van der Waals surface area contributed by atoms with Crippen LogP contribution in [0.25, 0.3) is 0 Å². The van der Waals surface area contributed by atoms with Gasteiger partial charge in [0, 0.05) is 25.0 Å². The first kappa shape index (κ1) is 23.6. The highest BCUT2D eigenvalue weighted by molar-refractivity contribution is 5.78. The van der Waals surface area contributed by atoms with Crippen molar-refractivity contribution >= 4 is 5.78 Å². The molecule has 0 unspecified atom stereocenters. The minimum atomic E-state index is 0.0754. The topological polar surface area (TPSA) is 98.0 Å². The lowest BCUT2D eigenvalue weighted by Gasteiger charge is -2.06. The molecule has 0 amide bonds. The fourth-order valence-corrected chi connectivity index (χ4v) is 3.63. The number of hydrogen-bond donors (Lipinski definition) is 4. The second-order valence-corrected chi connectivity index (χ2v) is 7.99. The highest BCUT2D eigenvalue weighted by atomic mass is 16.3. The first-order valence-electron chi connectivity index (χ1n) is 11.0. The van der Waals surface area contributed by atoms with E-state index in [-0.39, 0.29) is 23.0 Å². The van der Waals surface area contributed by atoms with Crippen molar-refractivity contribution in [3.63, 3.8) is 0 Å². The van der Waals surface area contributed by atoms with E-state index in [1.54, 1.807) is 24.3 Å². The zero-order chi connectivity index (χ0) is 21.8. The van der Waals surface area contributed by atoms with Gasteiger partial charge >= 0.3 is 0 Å². The Morgan fingerprint density at radius 3 is 1.37 bits per heavy atom. The Labute approximate surface area is 179 Å². The van der Waals surface area contributed by atoms with Crippen molar-refractivity contribution in [1.29, 1.82) is 0 Å². The third-order valence-electron chi connectivity index (χ3n) is 5.44. The van der Waals surface area contributed by atoms with Gasteiger partial charge in [-0.05, 0) is 61.8 Å². The molecule has 0 aromatic heterocycles. The lowest BCUT2D eigenvalue weighted by atomic mass is 10.0. The van der Waals surface area contributed by atoms with Gasteiger partial charge in [-0.2, -0.15) is 0 Å². The van der Waals surface area contributed by atoms with Crippen molar-refractivity contribution in [3.05, 3.63) is 47.5 Å². The second-order valence-electron chi connectivity index (χ2n) is 7.99. The monoisotopic (exact) mass is 414 g/mol. The summed E-state index contributed by atoms with van der Waals surface area (Å²) >= 11 is 0. The van der Waals surface area contributed by atoms with Gasteiger partial charge in [-0.3, -0.25) is 4.79 Å². The molecule has 2 aromatic rings. The van der Waals surface area contributed by atoms with Crippen molar-refractivity contribution in [3.8, 4) is 23.0 Å². The quantitative estimate of drug-likeness (QED) is 0.294. The van der Waals surface area contributed by atoms with E-state index < -0.39 is 0 Å². The average molecular weight is 415 g/mol. The van der Waals surface area contributed by atoms with E-state index in [4.69, 9.17) is 0 Å². The summed E-state index contributed by atoms with van der Waals surface area (Å²) in [4.78, 5) is 12.0. The fraction of sp³-hybridized carbons (Fsp3) is 0.480. The predicted molar refractivity (Wildman–Crippen MR) is 118 cm³/mol. The fourth-order valence-electron chi connectivity index (χ4n) is 3.63. The minimum Gasteiger partial charge on any atom is -0.508 e. The molecular formula is C25H34O5. The Morgan fingerprint density at radius 1 is 0.567 bits per heavy atom. The molecule has 164 valence electrons. The van der Waals surface area contributed by atoms with E-state index in [0.29, 0.717) is 18.6 Å². The van der Waals surface area contributed by atoms with E-state index in [2.05, 4.69) is 0 Å². The van der Waals surface area contributed by atoms with E-state index >= 15 is 0 Å². The van der Waals surface area contributed by atoms with Crippen LogP contribution in [0.2, 0.25) is 0 Å². The lowest BCUT2D eigenvalue weighted by Crippen LogP contribution is -1.98. The molecule has 2 aromatic carbocycles. The van der Waals surface area contributed by atoms with Gasteiger partial charge in [0.2, 0.25) is 0 Å². The molecule has 5 heteroatoms. The summed E-state index contributed by atoms with van der Waals surface area (Å²) in [5, 5.41) is 38.1. The van der Waals surface area contributed by atoms with Crippen LogP contribution in [-0.4, -0.2) is 26.2 Å². The number of hydrogen-bond acceptors (Lipinski definition) is 5. The van der Waals surface area contributed by atoms with Crippen LogP contribution in [0.1, 0.15) is 75.3 Å². The molecule has 0 saturated heterocycles. The molecule has 0 fully saturated rings. The number of phenolic OH excluding ortho intramolecular Hbond substituents is 4. The summed E-state index contributed by atoms with van der Waals surface area (Å²) in [5.74, 6) is 0.773.